The molecule has 1 N–H and O–H groups in total. The van der Waals surface area contributed by atoms with Gasteiger partial charge in [-0.3, -0.25) is 4.79 Å². The molecule has 5 nitrogen and oxygen atoms in total. The second kappa shape index (κ2) is 3.84. The van der Waals surface area contributed by atoms with Crippen molar-refractivity contribution in [2.24, 2.45) is 0 Å². The van der Waals surface area contributed by atoms with Crippen molar-refractivity contribution in [1.29, 1.82) is 0 Å². The zero-order valence-electron chi connectivity index (χ0n) is 9.91. The molecule has 2 saturated carbocycles. The molecule has 0 amide bonds. The average molecular weight is 235 g/mol. The lowest BCUT2D eigenvalue weighted by Crippen LogP contribution is -2.51. The maximum atomic E-state index is 12.2. The van der Waals surface area contributed by atoms with Crippen molar-refractivity contribution in [3.05, 3.63) is 22.7 Å². The van der Waals surface area contributed by atoms with Gasteiger partial charge >= 0.3 is 0 Å². The Morgan fingerprint density at radius 2 is 2.18 bits per heavy atom. The van der Waals surface area contributed by atoms with E-state index in [2.05, 4.69) is 4.98 Å². The highest BCUT2D eigenvalue weighted by atomic mass is 16.3. The van der Waals surface area contributed by atoms with Crippen LogP contribution in [0.3, 0.4) is 0 Å². The minimum Gasteiger partial charge on any atom is -0.391 e. The lowest BCUT2D eigenvalue weighted by Gasteiger charge is -2.39. The summed E-state index contributed by atoms with van der Waals surface area (Å²) in [5.41, 5.74) is -0.0309. The molecule has 0 spiro atoms. The van der Waals surface area contributed by atoms with Crippen molar-refractivity contribution >= 4 is 5.82 Å². The number of anilines is 1. The SMILES string of the molecule is CN(c1nccn(C2CC2)c1=O)C1CCC1O. The third-order valence-electron chi connectivity index (χ3n) is 3.82. The molecule has 0 aliphatic heterocycles. The summed E-state index contributed by atoms with van der Waals surface area (Å²) in [6.07, 6.45) is 7.02. The molecular formula is C12H17N3O2. The molecular weight excluding hydrogens is 218 g/mol. The van der Waals surface area contributed by atoms with Crippen LogP contribution in [0.4, 0.5) is 5.82 Å². The number of rotatable bonds is 3. The summed E-state index contributed by atoms with van der Waals surface area (Å²) >= 11 is 0. The summed E-state index contributed by atoms with van der Waals surface area (Å²) in [4.78, 5) is 18.2. The van der Waals surface area contributed by atoms with Gasteiger partial charge in [0.2, 0.25) is 0 Å². The van der Waals surface area contributed by atoms with Crippen LogP contribution in [-0.2, 0) is 0 Å². The highest BCUT2D eigenvalue weighted by molar-refractivity contribution is 5.37. The van der Waals surface area contributed by atoms with Gasteiger partial charge in [-0.05, 0) is 25.7 Å². The summed E-state index contributed by atoms with van der Waals surface area (Å²) in [5.74, 6) is 0.461. The maximum absolute atomic E-state index is 12.2. The Bertz CT molecular complexity index is 481. The Hall–Kier alpha value is -1.36. The van der Waals surface area contributed by atoms with Crippen molar-refractivity contribution in [2.75, 3.05) is 11.9 Å². The highest BCUT2D eigenvalue weighted by Gasteiger charge is 2.34. The third kappa shape index (κ3) is 1.74. The van der Waals surface area contributed by atoms with E-state index in [1.165, 1.54) is 0 Å². The molecule has 2 unspecified atom stereocenters. The van der Waals surface area contributed by atoms with E-state index in [9.17, 15) is 9.90 Å². The monoisotopic (exact) mass is 235 g/mol. The van der Waals surface area contributed by atoms with Crippen LogP contribution >= 0.6 is 0 Å². The normalized spacial score (nSPS) is 27.6. The lowest BCUT2D eigenvalue weighted by molar-refractivity contribution is 0.0664. The summed E-state index contributed by atoms with van der Waals surface area (Å²) in [6, 6.07) is 0.411. The summed E-state index contributed by atoms with van der Waals surface area (Å²) in [7, 11) is 1.84. The minimum atomic E-state index is -0.323. The molecule has 17 heavy (non-hydrogen) atoms. The summed E-state index contributed by atoms with van der Waals surface area (Å²) < 4.78 is 1.77. The van der Waals surface area contributed by atoms with Gasteiger partial charge in [0.25, 0.3) is 5.56 Å². The molecule has 1 aromatic rings. The van der Waals surface area contributed by atoms with Crippen LogP contribution in [0.25, 0.3) is 0 Å². The largest absolute Gasteiger partial charge is 0.391 e. The summed E-state index contributed by atoms with van der Waals surface area (Å²) in [6.45, 7) is 0. The lowest BCUT2D eigenvalue weighted by atomic mass is 9.88. The first-order chi connectivity index (χ1) is 8.18. The van der Waals surface area contributed by atoms with Gasteiger partial charge in [-0.1, -0.05) is 0 Å². The van der Waals surface area contributed by atoms with Crippen molar-refractivity contribution in [1.82, 2.24) is 9.55 Å². The zero-order valence-corrected chi connectivity index (χ0v) is 9.91. The molecule has 1 heterocycles. The van der Waals surface area contributed by atoms with Gasteiger partial charge in [0.1, 0.15) is 0 Å². The molecule has 5 heteroatoms. The van der Waals surface area contributed by atoms with E-state index in [1.807, 2.05) is 11.9 Å². The fraction of sp³-hybridized carbons (Fsp3) is 0.667. The number of aliphatic hydroxyl groups excluding tert-OH is 1. The van der Waals surface area contributed by atoms with E-state index in [-0.39, 0.29) is 17.7 Å². The second-order valence-corrected chi connectivity index (χ2v) is 5.02. The van der Waals surface area contributed by atoms with E-state index >= 15 is 0 Å². The molecule has 2 aliphatic carbocycles. The Morgan fingerprint density at radius 3 is 2.71 bits per heavy atom. The summed E-state index contributed by atoms with van der Waals surface area (Å²) in [5, 5.41) is 9.64. The van der Waals surface area contributed by atoms with Gasteiger partial charge in [0.05, 0.1) is 12.1 Å². The van der Waals surface area contributed by atoms with Crippen molar-refractivity contribution in [3.8, 4) is 0 Å². The Morgan fingerprint density at radius 1 is 1.41 bits per heavy atom. The number of hydrogen-bond acceptors (Lipinski definition) is 4. The van der Waals surface area contributed by atoms with Crippen LogP contribution in [0.15, 0.2) is 17.2 Å². The first-order valence-electron chi connectivity index (χ1n) is 6.16. The van der Waals surface area contributed by atoms with Gasteiger partial charge in [-0.25, -0.2) is 4.98 Å². The third-order valence-corrected chi connectivity index (χ3v) is 3.82. The van der Waals surface area contributed by atoms with Crippen molar-refractivity contribution in [2.45, 2.75) is 43.9 Å². The topological polar surface area (TPSA) is 58.4 Å². The van der Waals surface area contributed by atoms with Crippen molar-refractivity contribution < 1.29 is 5.11 Å². The van der Waals surface area contributed by atoms with Gasteiger partial charge in [-0.2, -0.15) is 0 Å². The van der Waals surface area contributed by atoms with Crippen molar-refractivity contribution in [3.63, 3.8) is 0 Å². The van der Waals surface area contributed by atoms with Gasteiger partial charge in [0.15, 0.2) is 5.82 Å². The van der Waals surface area contributed by atoms with E-state index in [0.717, 1.165) is 25.7 Å². The number of aromatic nitrogens is 2. The van der Waals surface area contributed by atoms with Crippen LogP contribution in [0.1, 0.15) is 31.7 Å². The molecule has 0 aromatic carbocycles. The van der Waals surface area contributed by atoms with E-state index in [4.69, 9.17) is 0 Å². The van der Waals surface area contributed by atoms with E-state index < -0.39 is 0 Å². The van der Waals surface area contributed by atoms with Crippen LogP contribution in [0.5, 0.6) is 0 Å². The molecule has 0 radical (unpaired) electrons. The average Bonchev–Trinajstić information content (AvgIpc) is 3.11. The predicted molar refractivity (Wildman–Crippen MR) is 64.2 cm³/mol. The first-order valence-corrected chi connectivity index (χ1v) is 6.16. The second-order valence-electron chi connectivity index (χ2n) is 5.02. The van der Waals surface area contributed by atoms with Crippen LogP contribution in [0, 0.1) is 0 Å². The highest BCUT2D eigenvalue weighted by Crippen LogP contribution is 2.33. The predicted octanol–water partition coefficient (Wildman–Crippen LogP) is 0.538. The Balaban J connectivity index is 1.91. The van der Waals surface area contributed by atoms with Gasteiger partial charge in [0, 0.05) is 25.5 Å². The van der Waals surface area contributed by atoms with E-state index in [0.29, 0.717) is 11.9 Å². The smallest absolute Gasteiger partial charge is 0.293 e. The number of nitrogens with zero attached hydrogens (tertiary/aromatic N) is 3. The standard InChI is InChI=1S/C12H17N3O2/c1-14(9-4-5-10(9)16)11-12(17)15(7-6-13-11)8-2-3-8/h6-10,16H,2-5H2,1H3. The van der Waals surface area contributed by atoms with Gasteiger partial charge < -0.3 is 14.6 Å². The number of aliphatic hydroxyl groups is 1. The Labute approximate surface area is 99.7 Å². The quantitative estimate of drug-likeness (QED) is 0.830. The molecule has 3 rings (SSSR count). The van der Waals surface area contributed by atoms with E-state index in [1.54, 1.807) is 17.0 Å². The zero-order chi connectivity index (χ0) is 12.0. The Kier molecular flexibility index (Phi) is 2.43. The minimum absolute atomic E-state index is 0.0309. The first kappa shape index (κ1) is 10.8. The van der Waals surface area contributed by atoms with Crippen LogP contribution in [0.2, 0.25) is 0 Å². The number of likely N-dealkylation sites (N-methyl/N-ethyl adjacent to an activating group) is 1. The molecule has 0 saturated heterocycles. The molecule has 92 valence electrons. The maximum Gasteiger partial charge on any atom is 0.293 e. The fourth-order valence-electron chi connectivity index (χ4n) is 2.37. The molecule has 1 aromatic heterocycles. The number of hydrogen-bond donors (Lipinski definition) is 1. The van der Waals surface area contributed by atoms with Crippen LogP contribution < -0.4 is 10.5 Å². The van der Waals surface area contributed by atoms with Crippen LogP contribution in [-0.4, -0.2) is 33.9 Å². The molecule has 2 aliphatic rings. The molecule has 0 bridgehead atoms. The van der Waals surface area contributed by atoms with Gasteiger partial charge in [-0.15, -0.1) is 0 Å². The molecule has 2 atom stereocenters. The fourth-order valence-corrected chi connectivity index (χ4v) is 2.37. The molecule has 2 fully saturated rings.